The highest BCUT2D eigenvalue weighted by Gasteiger charge is 2.07. The largest absolute Gasteiger partial charge is 0.309 e. The molecular formula is C14H20N2. The molecular weight excluding hydrogens is 196 g/mol. The van der Waals surface area contributed by atoms with E-state index in [1.165, 1.54) is 25.7 Å². The minimum absolute atomic E-state index is 0.350. The van der Waals surface area contributed by atoms with Crippen LogP contribution in [0.2, 0.25) is 0 Å². The third-order valence-electron chi connectivity index (χ3n) is 3.16. The Hall–Kier alpha value is -1.15. The predicted molar refractivity (Wildman–Crippen MR) is 67.2 cm³/mol. The van der Waals surface area contributed by atoms with E-state index in [4.69, 9.17) is 0 Å². The second-order valence-electron chi connectivity index (χ2n) is 4.44. The summed E-state index contributed by atoms with van der Waals surface area (Å²) >= 11 is 0. The van der Waals surface area contributed by atoms with E-state index in [-0.39, 0.29) is 0 Å². The minimum Gasteiger partial charge on any atom is -0.309 e. The molecule has 0 fully saturated rings. The van der Waals surface area contributed by atoms with Crippen LogP contribution in [0, 0.1) is 0 Å². The van der Waals surface area contributed by atoms with Gasteiger partial charge in [0, 0.05) is 12.2 Å². The Morgan fingerprint density at radius 3 is 3.06 bits per heavy atom. The maximum atomic E-state index is 4.35. The van der Waals surface area contributed by atoms with Crippen molar-refractivity contribution in [2.75, 3.05) is 6.54 Å². The molecule has 1 atom stereocenters. The van der Waals surface area contributed by atoms with Gasteiger partial charge in [0.1, 0.15) is 0 Å². The number of allylic oxidation sites excluding steroid dienone is 1. The number of nitrogens with zero attached hydrogens (tertiary/aromatic N) is 1. The fraction of sp³-hybridized carbons (Fsp3) is 0.500. The van der Waals surface area contributed by atoms with Gasteiger partial charge < -0.3 is 5.32 Å². The zero-order chi connectivity index (χ0) is 11.2. The predicted octanol–water partition coefficient (Wildman–Crippen LogP) is 3.23. The number of rotatable bonds is 5. The van der Waals surface area contributed by atoms with Crippen LogP contribution in [0.15, 0.2) is 36.0 Å². The SMILES string of the molecule is CC(NCCC1=CCCC1)c1ccccn1. The van der Waals surface area contributed by atoms with Crippen LogP contribution in [0.25, 0.3) is 0 Å². The smallest absolute Gasteiger partial charge is 0.0570 e. The van der Waals surface area contributed by atoms with Crippen molar-refractivity contribution in [2.45, 2.75) is 38.6 Å². The summed E-state index contributed by atoms with van der Waals surface area (Å²) in [5.74, 6) is 0. The van der Waals surface area contributed by atoms with E-state index in [0.717, 1.165) is 12.2 Å². The van der Waals surface area contributed by atoms with Gasteiger partial charge in [-0.2, -0.15) is 0 Å². The molecule has 0 spiro atoms. The maximum absolute atomic E-state index is 4.35. The molecule has 0 amide bonds. The molecule has 0 radical (unpaired) electrons. The standard InChI is InChI=1S/C14H20N2/c1-12(14-8-4-5-10-16-14)15-11-9-13-6-2-3-7-13/h4-6,8,10,12,15H,2-3,7,9,11H2,1H3. The van der Waals surface area contributed by atoms with Gasteiger partial charge in [0.15, 0.2) is 0 Å². The molecule has 0 saturated carbocycles. The van der Waals surface area contributed by atoms with Crippen LogP contribution in [-0.4, -0.2) is 11.5 Å². The van der Waals surface area contributed by atoms with E-state index in [1.807, 2.05) is 18.3 Å². The van der Waals surface area contributed by atoms with E-state index in [0.29, 0.717) is 6.04 Å². The summed E-state index contributed by atoms with van der Waals surface area (Å²) in [5, 5.41) is 3.52. The van der Waals surface area contributed by atoms with E-state index in [9.17, 15) is 0 Å². The molecule has 2 heteroatoms. The highest BCUT2D eigenvalue weighted by Crippen LogP contribution is 2.20. The van der Waals surface area contributed by atoms with Crippen LogP contribution in [0.3, 0.4) is 0 Å². The molecule has 0 aromatic carbocycles. The first kappa shape index (κ1) is 11.3. The quantitative estimate of drug-likeness (QED) is 0.764. The van der Waals surface area contributed by atoms with Crippen LogP contribution in [0.1, 0.15) is 44.3 Å². The Labute approximate surface area is 97.8 Å². The Balaban J connectivity index is 1.73. The zero-order valence-electron chi connectivity index (χ0n) is 9.95. The van der Waals surface area contributed by atoms with Crippen LogP contribution in [0.4, 0.5) is 0 Å². The highest BCUT2D eigenvalue weighted by molar-refractivity contribution is 5.09. The van der Waals surface area contributed by atoms with Crippen LogP contribution >= 0.6 is 0 Å². The summed E-state index contributed by atoms with van der Waals surface area (Å²) in [6.45, 7) is 3.23. The first-order chi connectivity index (χ1) is 7.86. The lowest BCUT2D eigenvalue weighted by Crippen LogP contribution is -2.20. The lowest BCUT2D eigenvalue weighted by molar-refractivity contribution is 0.561. The Morgan fingerprint density at radius 2 is 2.38 bits per heavy atom. The van der Waals surface area contributed by atoms with Gasteiger partial charge in [-0.25, -0.2) is 0 Å². The van der Waals surface area contributed by atoms with E-state index < -0.39 is 0 Å². The highest BCUT2D eigenvalue weighted by atomic mass is 14.9. The fourth-order valence-electron chi connectivity index (χ4n) is 2.15. The lowest BCUT2D eigenvalue weighted by atomic mass is 10.1. The number of hydrogen-bond acceptors (Lipinski definition) is 2. The zero-order valence-corrected chi connectivity index (χ0v) is 9.95. The molecule has 1 aromatic heterocycles. The summed E-state index contributed by atoms with van der Waals surface area (Å²) in [7, 11) is 0. The summed E-state index contributed by atoms with van der Waals surface area (Å²) < 4.78 is 0. The van der Waals surface area contributed by atoms with Crippen molar-refractivity contribution in [1.82, 2.24) is 10.3 Å². The molecule has 0 saturated heterocycles. The van der Waals surface area contributed by atoms with Crippen molar-refractivity contribution in [2.24, 2.45) is 0 Å². The second-order valence-corrected chi connectivity index (χ2v) is 4.44. The molecule has 1 aromatic rings. The molecule has 16 heavy (non-hydrogen) atoms. The van der Waals surface area contributed by atoms with Crippen molar-refractivity contribution >= 4 is 0 Å². The van der Waals surface area contributed by atoms with Crippen LogP contribution in [0.5, 0.6) is 0 Å². The van der Waals surface area contributed by atoms with Gasteiger partial charge in [-0.15, -0.1) is 0 Å². The molecule has 2 rings (SSSR count). The molecule has 0 bridgehead atoms. The van der Waals surface area contributed by atoms with Crippen LogP contribution < -0.4 is 5.32 Å². The Kier molecular flexibility index (Phi) is 4.11. The van der Waals surface area contributed by atoms with Crippen molar-refractivity contribution in [3.63, 3.8) is 0 Å². The molecule has 1 unspecified atom stereocenters. The van der Waals surface area contributed by atoms with Crippen molar-refractivity contribution < 1.29 is 0 Å². The Morgan fingerprint density at radius 1 is 1.44 bits per heavy atom. The number of nitrogens with one attached hydrogen (secondary N) is 1. The van der Waals surface area contributed by atoms with E-state index in [1.54, 1.807) is 5.57 Å². The topological polar surface area (TPSA) is 24.9 Å². The summed E-state index contributed by atoms with van der Waals surface area (Å²) in [6.07, 6.45) is 9.38. The Bertz CT molecular complexity index is 343. The van der Waals surface area contributed by atoms with Gasteiger partial charge >= 0.3 is 0 Å². The van der Waals surface area contributed by atoms with E-state index in [2.05, 4.69) is 29.4 Å². The molecule has 1 heterocycles. The minimum atomic E-state index is 0.350. The van der Waals surface area contributed by atoms with Crippen LogP contribution in [-0.2, 0) is 0 Å². The molecule has 1 aliphatic carbocycles. The molecule has 1 aliphatic rings. The fourth-order valence-corrected chi connectivity index (χ4v) is 2.15. The third-order valence-corrected chi connectivity index (χ3v) is 3.16. The first-order valence-corrected chi connectivity index (χ1v) is 6.18. The van der Waals surface area contributed by atoms with Gasteiger partial charge in [0.25, 0.3) is 0 Å². The van der Waals surface area contributed by atoms with Gasteiger partial charge in [-0.1, -0.05) is 17.7 Å². The summed E-state index contributed by atoms with van der Waals surface area (Å²) in [5.41, 5.74) is 2.75. The van der Waals surface area contributed by atoms with E-state index >= 15 is 0 Å². The molecule has 2 nitrogen and oxygen atoms in total. The normalized spacial score (nSPS) is 17.2. The lowest BCUT2D eigenvalue weighted by Gasteiger charge is -2.13. The molecule has 86 valence electrons. The van der Waals surface area contributed by atoms with Crippen molar-refractivity contribution in [3.05, 3.63) is 41.7 Å². The molecule has 1 N–H and O–H groups in total. The third kappa shape index (κ3) is 3.17. The second kappa shape index (κ2) is 5.80. The number of pyridine rings is 1. The first-order valence-electron chi connectivity index (χ1n) is 6.18. The van der Waals surface area contributed by atoms with Crippen molar-refractivity contribution in [3.8, 4) is 0 Å². The molecule has 0 aliphatic heterocycles. The average Bonchev–Trinajstić information content (AvgIpc) is 2.83. The summed E-state index contributed by atoms with van der Waals surface area (Å²) in [4.78, 5) is 4.35. The van der Waals surface area contributed by atoms with Gasteiger partial charge in [-0.05, 0) is 51.3 Å². The van der Waals surface area contributed by atoms with Gasteiger partial charge in [-0.3, -0.25) is 4.98 Å². The number of aromatic nitrogens is 1. The summed E-state index contributed by atoms with van der Waals surface area (Å²) in [6, 6.07) is 6.43. The van der Waals surface area contributed by atoms with Crippen molar-refractivity contribution in [1.29, 1.82) is 0 Å². The maximum Gasteiger partial charge on any atom is 0.0570 e. The number of hydrogen-bond donors (Lipinski definition) is 1. The average molecular weight is 216 g/mol. The van der Waals surface area contributed by atoms with Gasteiger partial charge in [0.2, 0.25) is 0 Å². The van der Waals surface area contributed by atoms with Gasteiger partial charge in [0.05, 0.1) is 5.69 Å². The monoisotopic (exact) mass is 216 g/mol.